The molecule has 0 saturated heterocycles. The van der Waals surface area contributed by atoms with Crippen molar-refractivity contribution in [3.05, 3.63) is 52.2 Å². The van der Waals surface area contributed by atoms with Crippen LogP contribution in [0.25, 0.3) is 10.2 Å². The molecule has 124 valence electrons. The molecule has 24 heavy (non-hydrogen) atoms. The fourth-order valence-electron chi connectivity index (χ4n) is 3.00. The normalized spacial score (nSPS) is 14.1. The fraction of sp³-hybridized carbons (Fsp3) is 0.294. The van der Waals surface area contributed by atoms with E-state index in [9.17, 15) is 13.2 Å². The Bertz CT molecular complexity index is 904. The number of hydrogen-bond donors (Lipinski definition) is 0. The van der Waals surface area contributed by atoms with Crippen molar-refractivity contribution >= 4 is 21.6 Å². The maximum Gasteiger partial charge on any atom is 0.416 e. The minimum Gasteiger partial charge on any atom is -0.472 e. The van der Waals surface area contributed by atoms with Gasteiger partial charge in [-0.1, -0.05) is 12.1 Å². The Labute approximate surface area is 140 Å². The van der Waals surface area contributed by atoms with E-state index in [1.807, 2.05) is 0 Å². The van der Waals surface area contributed by atoms with Crippen LogP contribution in [-0.4, -0.2) is 9.97 Å². The number of hydrogen-bond acceptors (Lipinski definition) is 4. The molecule has 7 heteroatoms. The number of rotatable bonds is 3. The highest BCUT2D eigenvalue weighted by atomic mass is 32.1. The summed E-state index contributed by atoms with van der Waals surface area (Å²) in [5, 5.41) is 0.918. The van der Waals surface area contributed by atoms with Gasteiger partial charge in [0.1, 0.15) is 17.8 Å². The molecule has 0 radical (unpaired) electrons. The second kappa shape index (κ2) is 5.73. The number of nitrogens with zero attached hydrogens (tertiary/aromatic N) is 2. The number of alkyl halides is 3. The molecule has 2 heterocycles. The third-order valence-electron chi connectivity index (χ3n) is 4.10. The van der Waals surface area contributed by atoms with E-state index >= 15 is 0 Å². The lowest BCUT2D eigenvalue weighted by molar-refractivity contribution is -0.137. The molecule has 0 bridgehead atoms. The summed E-state index contributed by atoms with van der Waals surface area (Å²) in [6, 6.07) is 5.17. The van der Waals surface area contributed by atoms with Gasteiger partial charge in [0.15, 0.2) is 0 Å². The second-order valence-electron chi connectivity index (χ2n) is 5.70. The SMILES string of the molecule is FC(F)(F)c1cccc(COc2ncnc3sc4c(c23)CCC4)c1. The van der Waals surface area contributed by atoms with Crippen LogP contribution in [0.3, 0.4) is 0 Å². The minimum atomic E-state index is -4.35. The lowest BCUT2D eigenvalue weighted by Gasteiger charge is -2.10. The minimum absolute atomic E-state index is 0.0423. The Kier molecular flexibility index (Phi) is 3.68. The predicted molar refractivity (Wildman–Crippen MR) is 85.2 cm³/mol. The third kappa shape index (κ3) is 2.73. The summed E-state index contributed by atoms with van der Waals surface area (Å²) >= 11 is 1.65. The molecule has 1 aliphatic rings. The molecule has 0 amide bonds. The first kappa shape index (κ1) is 15.4. The average molecular weight is 350 g/mol. The van der Waals surface area contributed by atoms with Gasteiger partial charge in [-0.25, -0.2) is 9.97 Å². The number of thiophene rings is 1. The van der Waals surface area contributed by atoms with E-state index in [1.165, 1.54) is 22.8 Å². The van der Waals surface area contributed by atoms with Crippen molar-refractivity contribution in [2.24, 2.45) is 0 Å². The molecule has 2 aromatic heterocycles. The number of aromatic nitrogens is 2. The summed E-state index contributed by atoms with van der Waals surface area (Å²) in [7, 11) is 0. The van der Waals surface area contributed by atoms with Gasteiger partial charge in [-0.15, -0.1) is 11.3 Å². The number of ether oxygens (including phenoxy) is 1. The van der Waals surface area contributed by atoms with Crippen LogP contribution in [0.15, 0.2) is 30.6 Å². The van der Waals surface area contributed by atoms with Gasteiger partial charge >= 0.3 is 6.18 Å². The zero-order valence-electron chi connectivity index (χ0n) is 12.6. The highest BCUT2D eigenvalue weighted by molar-refractivity contribution is 7.18. The van der Waals surface area contributed by atoms with Crippen molar-refractivity contribution < 1.29 is 17.9 Å². The first-order chi connectivity index (χ1) is 11.5. The topological polar surface area (TPSA) is 35.0 Å². The van der Waals surface area contributed by atoms with Gasteiger partial charge in [0.2, 0.25) is 5.88 Å². The van der Waals surface area contributed by atoms with Crippen LogP contribution in [0.4, 0.5) is 13.2 Å². The molecular weight excluding hydrogens is 337 g/mol. The molecule has 0 N–H and O–H groups in total. The van der Waals surface area contributed by atoms with Crippen molar-refractivity contribution in [1.29, 1.82) is 0 Å². The van der Waals surface area contributed by atoms with Crippen molar-refractivity contribution in [2.75, 3.05) is 0 Å². The standard InChI is InChI=1S/C17H13F3N2OS/c18-17(19,20)11-4-1-3-10(7-11)8-23-15-14-12-5-2-6-13(12)24-16(14)22-9-21-15/h1,3-4,7,9H,2,5-6,8H2. The Balaban J connectivity index is 1.62. The quantitative estimate of drug-likeness (QED) is 0.682. The lowest BCUT2D eigenvalue weighted by Crippen LogP contribution is -2.06. The zero-order valence-corrected chi connectivity index (χ0v) is 13.4. The van der Waals surface area contributed by atoms with E-state index in [0.717, 1.165) is 41.6 Å². The van der Waals surface area contributed by atoms with E-state index in [0.29, 0.717) is 11.4 Å². The monoisotopic (exact) mass is 350 g/mol. The number of fused-ring (bicyclic) bond motifs is 3. The van der Waals surface area contributed by atoms with Gasteiger partial charge in [-0.2, -0.15) is 13.2 Å². The first-order valence-corrected chi connectivity index (χ1v) is 8.38. The summed E-state index contributed by atoms with van der Waals surface area (Å²) in [6.07, 6.45) is 0.215. The first-order valence-electron chi connectivity index (χ1n) is 7.56. The van der Waals surface area contributed by atoms with Crippen molar-refractivity contribution in [3.63, 3.8) is 0 Å². The van der Waals surface area contributed by atoms with E-state index < -0.39 is 11.7 Å². The average Bonchev–Trinajstić information content (AvgIpc) is 3.13. The molecule has 0 spiro atoms. The van der Waals surface area contributed by atoms with Crippen LogP contribution < -0.4 is 4.74 Å². The van der Waals surface area contributed by atoms with E-state index in [-0.39, 0.29) is 6.61 Å². The largest absolute Gasteiger partial charge is 0.472 e. The van der Waals surface area contributed by atoms with E-state index in [2.05, 4.69) is 9.97 Å². The number of aryl methyl sites for hydroxylation is 2. The van der Waals surface area contributed by atoms with Crippen LogP contribution in [0.1, 0.15) is 28.0 Å². The summed E-state index contributed by atoms with van der Waals surface area (Å²) in [6.45, 7) is 0.0423. The lowest BCUT2D eigenvalue weighted by atomic mass is 10.1. The van der Waals surface area contributed by atoms with Crippen molar-refractivity contribution in [2.45, 2.75) is 32.0 Å². The molecule has 0 saturated carbocycles. The molecule has 0 unspecified atom stereocenters. The highest BCUT2D eigenvalue weighted by Crippen LogP contribution is 2.40. The fourth-order valence-corrected chi connectivity index (χ4v) is 4.22. The van der Waals surface area contributed by atoms with Gasteiger partial charge in [0, 0.05) is 4.88 Å². The van der Waals surface area contributed by atoms with E-state index in [1.54, 1.807) is 17.4 Å². The Hall–Kier alpha value is -2.15. The van der Waals surface area contributed by atoms with Crippen LogP contribution in [-0.2, 0) is 25.6 Å². The summed E-state index contributed by atoms with van der Waals surface area (Å²) < 4.78 is 44.1. The smallest absolute Gasteiger partial charge is 0.416 e. The Morgan fingerprint density at radius 3 is 2.88 bits per heavy atom. The second-order valence-corrected chi connectivity index (χ2v) is 6.79. The molecule has 0 aliphatic heterocycles. The Morgan fingerprint density at radius 2 is 2.04 bits per heavy atom. The summed E-state index contributed by atoms with van der Waals surface area (Å²) in [5.41, 5.74) is 1.02. The summed E-state index contributed by atoms with van der Waals surface area (Å²) in [5.74, 6) is 0.455. The summed E-state index contributed by atoms with van der Waals surface area (Å²) in [4.78, 5) is 10.7. The third-order valence-corrected chi connectivity index (χ3v) is 5.30. The molecule has 1 aliphatic carbocycles. The molecule has 0 fully saturated rings. The van der Waals surface area contributed by atoms with Crippen molar-refractivity contribution in [1.82, 2.24) is 9.97 Å². The predicted octanol–water partition coefficient (Wildman–Crippen LogP) is 4.78. The molecule has 1 aromatic carbocycles. The van der Waals surface area contributed by atoms with Crippen LogP contribution >= 0.6 is 11.3 Å². The molecule has 4 rings (SSSR count). The van der Waals surface area contributed by atoms with Gasteiger partial charge in [-0.3, -0.25) is 0 Å². The van der Waals surface area contributed by atoms with Gasteiger partial charge in [0.25, 0.3) is 0 Å². The van der Waals surface area contributed by atoms with Gasteiger partial charge in [-0.05, 0) is 42.5 Å². The van der Waals surface area contributed by atoms with Crippen LogP contribution in [0.2, 0.25) is 0 Å². The molecule has 3 aromatic rings. The Morgan fingerprint density at radius 1 is 1.17 bits per heavy atom. The molecule has 0 atom stereocenters. The zero-order chi connectivity index (χ0) is 16.7. The number of halogens is 3. The maximum absolute atomic E-state index is 12.8. The van der Waals surface area contributed by atoms with Crippen LogP contribution in [0, 0.1) is 0 Å². The van der Waals surface area contributed by atoms with Gasteiger partial charge in [0.05, 0.1) is 10.9 Å². The molecule has 3 nitrogen and oxygen atoms in total. The van der Waals surface area contributed by atoms with Crippen LogP contribution in [0.5, 0.6) is 5.88 Å². The number of benzene rings is 1. The van der Waals surface area contributed by atoms with Gasteiger partial charge < -0.3 is 4.74 Å². The molecular formula is C17H13F3N2OS. The van der Waals surface area contributed by atoms with Crippen molar-refractivity contribution in [3.8, 4) is 5.88 Å². The maximum atomic E-state index is 12.8. The highest BCUT2D eigenvalue weighted by Gasteiger charge is 2.30. The van der Waals surface area contributed by atoms with E-state index in [4.69, 9.17) is 4.74 Å².